The van der Waals surface area contributed by atoms with E-state index in [0.717, 1.165) is 37.6 Å². The lowest BCUT2D eigenvalue weighted by Crippen LogP contribution is -2.44. The molecule has 1 fully saturated rings. The maximum absolute atomic E-state index is 13.4. The van der Waals surface area contributed by atoms with Crippen LogP contribution in [0.4, 0.5) is 13.2 Å². The van der Waals surface area contributed by atoms with Gasteiger partial charge in [-0.3, -0.25) is 9.69 Å². The highest BCUT2D eigenvalue weighted by Gasteiger charge is 2.25. The number of carbonyl (C=O) groups excluding carboxylic acids is 1. The molecule has 1 saturated heterocycles. The van der Waals surface area contributed by atoms with Gasteiger partial charge in [-0.2, -0.15) is 5.10 Å². The van der Waals surface area contributed by atoms with E-state index in [2.05, 4.69) is 15.3 Å². The van der Waals surface area contributed by atoms with Crippen LogP contribution in [0.2, 0.25) is 0 Å². The quantitative estimate of drug-likeness (QED) is 0.641. The molecule has 0 radical (unpaired) electrons. The second-order valence-electron chi connectivity index (χ2n) is 8.21. The number of piperidine rings is 1. The summed E-state index contributed by atoms with van der Waals surface area (Å²) in [6.07, 6.45) is 1.53. The topological polar surface area (TPSA) is 50.2 Å². The molecule has 0 spiro atoms. The number of carbonyl (C=O) groups is 1. The van der Waals surface area contributed by atoms with Crippen molar-refractivity contribution in [3.63, 3.8) is 0 Å². The molecule has 8 heteroatoms. The van der Waals surface area contributed by atoms with Gasteiger partial charge in [0.05, 0.1) is 22.6 Å². The predicted molar refractivity (Wildman–Crippen MR) is 115 cm³/mol. The number of hydrogen-bond donors (Lipinski definition) is 1. The molecule has 5 nitrogen and oxygen atoms in total. The Labute approximate surface area is 184 Å². The standard InChI is InChI=1S/C24H25F3N4O/c1-15-23(16(2)31(29-15)20-6-4-18(25)5-7-20)24(32)28-19-9-11-30(12-10-19)14-17-3-8-21(26)22(27)13-17/h3-8,13,19H,9-12,14H2,1-2H3,(H,28,32). The fourth-order valence-corrected chi connectivity index (χ4v) is 4.19. The summed E-state index contributed by atoms with van der Waals surface area (Å²) in [5, 5.41) is 7.57. The van der Waals surface area contributed by atoms with Gasteiger partial charge in [-0.15, -0.1) is 0 Å². The van der Waals surface area contributed by atoms with E-state index in [1.54, 1.807) is 29.8 Å². The van der Waals surface area contributed by atoms with Crippen LogP contribution in [-0.2, 0) is 6.54 Å². The third kappa shape index (κ3) is 4.70. The van der Waals surface area contributed by atoms with Gasteiger partial charge in [-0.05, 0) is 68.7 Å². The largest absolute Gasteiger partial charge is 0.349 e. The molecule has 1 amide bonds. The van der Waals surface area contributed by atoms with Crippen LogP contribution >= 0.6 is 0 Å². The van der Waals surface area contributed by atoms with Crippen molar-refractivity contribution in [3.05, 3.63) is 82.4 Å². The summed E-state index contributed by atoms with van der Waals surface area (Å²) in [5.74, 6) is -2.18. The van der Waals surface area contributed by atoms with Gasteiger partial charge in [-0.1, -0.05) is 6.07 Å². The van der Waals surface area contributed by atoms with E-state index >= 15 is 0 Å². The highest BCUT2D eigenvalue weighted by atomic mass is 19.2. The minimum Gasteiger partial charge on any atom is -0.349 e. The van der Waals surface area contributed by atoms with Gasteiger partial charge < -0.3 is 5.32 Å². The Bertz CT molecular complexity index is 1120. The monoisotopic (exact) mass is 442 g/mol. The van der Waals surface area contributed by atoms with Gasteiger partial charge >= 0.3 is 0 Å². The molecule has 0 aliphatic carbocycles. The van der Waals surface area contributed by atoms with Crippen LogP contribution in [0.25, 0.3) is 5.69 Å². The van der Waals surface area contributed by atoms with Crippen molar-refractivity contribution in [3.8, 4) is 5.69 Å². The van der Waals surface area contributed by atoms with Crippen LogP contribution in [0.1, 0.15) is 40.2 Å². The van der Waals surface area contributed by atoms with Crippen molar-refractivity contribution >= 4 is 5.91 Å². The van der Waals surface area contributed by atoms with Gasteiger partial charge in [0.15, 0.2) is 11.6 Å². The Kier molecular flexibility index (Phi) is 6.32. The minimum absolute atomic E-state index is 0.0247. The van der Waals surface area contributed by atoms with Crippen molar-refractivity contribution in [2.45, 2.75) is 39.3 Å². The predicted octanol–water partition coefficient (Wildman–Crippen LogP) is 4.30. The number of benzene rings is 2. The molecule has 1 aliphatic heterocycles. The van der Waals surface area contributed by atoms with Gasteiger partial charge in [0.25, 0.3) is 5.91 Å². The zero-order chi connectivity index (χ0) is 22.8. The molecule has 168 valence electrons. The van der Waals surface area contributed by atoms with Gasteiger partial charge in [0.1, 0.15) is 5.82 Å². The molecule has 2 aromatic carbocycles. The third-order valence-electron chi connectivity index (χ3n) is 5.90. The first kappa shape index (κ1) is 22.1. The second-order valence-corrected chi connectivity index (χ2v) is 8.21. The van der Waals surface area contributed by atoms with Gasteiger partial charge in [0, 0.05) is 25.7 Å². The smallest absolute Gasteiger partial charge is 0.255 e. The minimum atomic E-state index is -0.844. The van der Waals surface area contributed by atoms with Crippen molar-refractivity contribution in [2.24, 2.45) is 0 Å². The molecular formula is C24H25F3N4O. The molecule has 0 saturated carbocycles. The molecule has 1 aromatic heterocycles. The summed E-state index contributed by atoms with van der Waals surface area (Å²) in [6.45, 7) is 5.64. The number of rotatable bonds is 5. The second kappa shape index (κ2) is 9.16. The lowest BCUT2D eigenvalue weighted by atomic mass is 10.0. The van der Waals surface area contributed by atoms with Crippen LogP contribution in [0.3, 0.4) is 0 Å². The van der Waals surface area contributed by atoms with E-state index in [4.69, 9.17) is 0 Å². The Morgan fingerprint density at radius 1 is 1.03 bits per heavy atom. The molecular weight excluding hydrogens is 417 g/mol. The summed E-state index contributed by atoms with van der Waals surface area (Å²) in [5.41, 5.74) is 3.25. The van der Waals surface area contributed by atoms with Crippen LogP contribution in [0.15, 0.2) is 42.5 Å². The van der Waals surface area contributed by atoms with Gasteiger partial charge in [-0.25, -0.2) is 17.9 Å². The van der Waals surface area contributed by atoms with E-state index in [-0.39, 0.29) is 17.8 Å². The number of amides is 1. The summed E-state index contributed by atoms with van der Waals surface area (Å²) in [6, 6.07) is 9.97. The van der Waals surface area contributed by atoms with Crippen molar-refractivity contribution in [2.75, 3.05) is 13.1 Å². The summed E-state index contributed by atoms with van der Waals surface area (Å²) in [4.78, 5) is 15.1. The molecule has 1 N–H and O–H groups in total. The summed E-state index contributed by atoms with van der Waals surface area (Å²) < 4.78 is 41.4. The molecule has 3 aromatic rings. The number of aromatic nitrogens is 2. The van der Waals surface area contributed by atoms with Crippen molar-refractivity contribution in [1.29, 1.82) is 0 Å². The first-order valence-corrected chi connectivity index (χ1v) is 10.6. The van der Waals surface area contributed by atoms with Crippen molar-refractivity contribution in [1.82, 2.24) is 20.0 Å². The number of nitrogens with zero attached hydrogens (tertiary/aromatic N) is 3. The molecule has 0 bridgehead atoms. The first-order valence-electron chi connectivity index (χ1n) is 10.6. The molecule has 0 unspecified atom stereocenters. The third-order valence-corrected chi connectivity index (χ3v) is 5.90. The van der Waals surface area contributed by atoms with Gasteiger partial charge in [0.2, 0.25) is 0 Å². The fraction of sp³-hybridized carbons (Fsp3) is 0.333. The Hall–Kier alpha value is -3.13. The number of likely N-dealkylation sites (tertiary alicyclic amines) is 1. The van der Waals surface area contributed by atoms with Crippen LogP contribution in [0.5, 0.6) is 0 Å². The Morgan fingerprint density at radius 2 is 1.72 bits per heavy atom. The van der Waals surface area contributed by atoms with Crippen LogP contribution in [-0.4, -0.2) is 39.7 Å². The Morgan fingerprint density at radius 3 is 2.38 bits per heavy atom. The fourth-order valence-electron chi connectivity index (χ4n) is 4.19. The maximum Gasteiger partial charge on any atom is 0.255 e. The zero-order valence-electron chi connectivity index (χ0n) is 18.0. The SMILES string of the molecule is Cc1nn(-c2ccc(F)cc2)c(C)c1C(=O)NC1CCN(Cc2ccc(F)c(F)c2)CC1. The van der Waals surface area contributed by atoms with E-state index in [1.807, 2.05) is 6.92 Å². The maximum atomic E-state index is 13.4. The zero-order valence-corrected chi connectivity index (χ0v) is 18.0. The first-order chi connectivity index (χ1) is 15.3. The highest BCUT2D eigenvalue weighted by molar-refractivity contribution is 5.96. The molecule has 4 rings (SSSR count). The molecule has 32 heavy (non-hydrogen) atoms. The molecule has 0 atom stereocenters. The highest BCUT2D eigenvalue weighted by Crippen LogP contribution is 2.20. The Balaban J connectivity index is 1.37. The number of hydrogen-bond acceptors (Lipinski definition) is 3. The normalized spacial score (nSPS) is 15.2. The number of halogens is 3. The average Bonchev–Trinajstić information content (AvgIpc) is 3.06. The summed E-state index contributed by atoms with van der Waals surface area (Å²) in [7, 11) is 0. The van der Waals surface area contributed by atoms with E-state index < -0.39 is 11.6 Å². The van der Waals surface area contributed by atoms with E-state index in [1.165, 1.54) is 18.2 Å². The molecule has 1 aliphatic rings. The van der Waals surface area contributed by atoms with Crippen molar-refractivity contribution < 1.29 is 18.0 Å². The van der Waals surface area contributed by atoms with E-state index in [9.17, 15) is 18.0 Å². The number of nitrogens with one attached hydrogen (secondary N) is 1. The summed E-state index contributed by atoms with van der Waals surface area (Å²) >= 11 is 0. The number of aryl methyl sites for hydroxylation is 1. The average molecular weight is 442 g/mol. The lowest BCUT2D eigenvalue weighted by molar-refractivity contribution is 0.0907. The lowest BCUT2D eigenvalue weighted by Gasteiger charge is -2.32. The van der Waals surface area contributed by atoms with E-state index in [0.29, 0.717) is 29.2 Å². The molecule has 2 heterocycles. The van der Waals surface area contributed by atoms with Crippen LogP contribution in [0, 0.1) is 31.3 Å². The van der Waals surface area contributed by atoms with Crippen LogP contribution < -0.4 is 5.32 Å².